The molecule has 246 valence electrons. The van der Waals surface area contributed by atoms with Gasteiger partial charge in [-0.25, -0.2) is 23.1 Å². The predicted molar refractivity (Wildman–Crippen MR) is 175 cm³/mol. The summed E-state index contributed by atoms with van der Waals surface area (Å²) in [7, 11) is 0. The molecule has 3 atom stereocenters. The van der Waals surface area contributed by atoms with Crippen molar-refractivity contribution in [2.75, 3.05) is 6.54 Å². The van der Waals surface area contributed by atoms with Crippen molar-refractivity contribution in [3.8, 4) is 23.1 Å². The lowest BCUT2D eigenvalue weighted by Gasteiger charge is -2.32. The fraction of sp³-hybridized carbons (Fsp3) is 0.306. The lowest BCUT2D eigenvalue weighted by atomic mass is 9.82. The minimum absolute atomic E-state index is 0.0715. The van der Waals surface area contributed by atoms with E-state index in [9.17, 15) is 14.3 Å². The number of aryl methyl sites for hydroxylation is 2. The van der Waals surface area contributed by atoms with E-state index in [0.29, 0.717) is 28.6 Å². The number of hydrogen-bond donors (Lipinski definition) is 2. The fourth-order valence-electron chi connectivity index (χ4n) is 6.17. The van der Waals surface area contributed by atoms with Crippen molar-refractivity contribution in [2.45, 2.75) is 64.3 Å². The average molecular weight is 670 g/mol. The number of benzene rings is 3. The summed E-state index contributed by atoms with van der Waals surface area (Å²) >= 11 is 1.32. The average Bonchev–Trinajstić information content (AvgIpc) is 3.86. The molecular weight excluding hydrogens is 634 g/mol. The fourth-order valence-corrected chi connectivity index (χ4v) is 7.14. The van der Waals surface area contributed by atoms with Crippen LogP contribution < -0.4 is 14.6 Å². The highest BCUT2D eigenvalue weighted by molar-refractivity contribution is 7.10. The summed E-state index contributed by atoms with van der Waals surface area (Å²) < 4.78 is 38.4. The molecule has 1 aliphatic rings. The van der Waals surface area contributed by atoms with E-state index >= 15 is 4.39 Å². The zero-order valence-corrected chi connectivity index (χ0v) is 27.6. The first-order valence-electron chi connectivity index (χ1n) is 15.6. The van der Waals surface area contributed by atoms with Crippen molar-refractivity contribution in [1.29, 1.82) is 5.26 Å². The molecule has 48 heavy (non-hydrogen) atoms. The molecule has 0 bridgehead atoms. The predicted octanol–water partition coefficient (Wildman–Crippen LogP) is 5.46. The number of halogens is 2. The Bertz CT molecular complexity index is 1970. The second kappa shape index (κ2) is 13.7. The number of ether oxygens (including phenoxy) is 1. The lowest BCUT2D eigenvalue weighted by Crippen LogP contribution is -2.39. The quantitative estimate of drug-likeness (QED) is 0.115. The number of thiazole rings is 1. The molecule has 1 saturated heterocycles. The normalized spacial score (nSPS) is 16.3. The highest BCUT2D eigenvalue weighted by Crippen LogP contribution is 2.41. The molecule has 1 fully saturated rings. The Hall–Kier alpha value is -4.83. The van der Waals surface area contributed by atoms with Gasteiger partial charge in [0.1, 0.15) is 35.6 Å². The maximum atomic E-state index is 15.3. The van der Waals surface area contributed by atoms with Crippen LogP contribution >= 0.6 is 11.3 Å². The number of carbonyl (C=O) groups is 1. The van der Waals surface area contributed by atoms with Crippen LogP contribution in [0.1, 0.15) is 58.5 Å². The van der Waals surface area contributed by atoms with E-state index in [4.69, 9.17) is 15.0 Å². The van der Waals surface area contributed by atoms with Crippen LogP contribution in [0.3, 0.4) is 0 Å². The Morgan fingerprint density at radius 2 is 1.96 bits per heavy atom. The van der Waals surface area contributed by atoms with Crippen molar-refractivity contribution < 1.29 is 28.0 Å². The van der Waals surface area contributed by atoms with Gasteiger partial charge in [0.05, 0.1) is 28.9 Å². The Balaban J connectivity index is 1.24. The number of aliphatic hydroxyl groups is 1. The van der Waals surface area contributed by atoms with Crippen molar-refractivity contribution in [3.05, 3.63) is 117 Å². The summed E-state index contributed by atoms with van der Waals surface area (Å²) in [5, 5.41) is 31.4. The Morgan fingerprint density at radius 3 is 2.62 bits per heavy atom. The van der Waals surface area contributed by atoms with E-state index in [0.717, 1.165) is 53.8 Å². The third-order valence-corrected chi connectivity index (χ3v) is 9.81. The maximum absolute atomic E-state index is 15.3. The maximum Gasteiger partial charge on any atom is 0.328 e. The molecule has 3 unspecified atom stereocenters. The molecule has 9 nitrogen and oxygen atoms in total. The smallest absolute Gasteiger partial charge is 0.328 e. The van der Waals surface area contributed by atoms with Gasteiger partial charge in [-0.05, 0) is 80.3 Å². The molecule has 1 aliphatic heterocycles. The molecule has 0 spiro atoms. The molecule has 12 heteroatoms. The molecule has 2 N–H and O–H groups in total. The lowest BCUT2D eigenvalue weighted by molar-refractivity contribution is -0.689. The molecule has 3 heterocycles. The summed E-state index contributed by atoms with van der Waals surface area (Å²) in [6, 6.07) is 15.9. The topological polar surface area (TPSA) is 117 Å². The molecule has 6 rings (SSSR count). The minimum Gasteiger partial charge on any atom is -0.425 e. The van der Waals surface area contributed by atoms with Crippen LogP contribution in [-0.2, 0) is 23.5 Å². The molecule has 0 aliphatic carbocycles. The van der Waals surface area contributed by atoms with Gasteiger partial charge >= 0.3 is 5.97 Å². The first kappa shape index (κ1) is 33.1. The summed E-state index contributed by atoms with van der Waals surface area (Å²) in [6.07, 6.45) is 5.04. The van der Waals surface area contributed by atoms with E-state index < -0.39 is 23.2 Å². The zero-order chi connectivity index (χ0) is 34.0. The summed E-state index contributed by atoms with van der Waals surface area (Å²) in [5.41, 5.74) is 2.69. The third kappa shape index (κ3) is 6.89. The second-order valence-corrected chi connectivity index (χ2v) is 13.2. The van der Waals surface area contributed by atoms with Crippen LogP contribution in [0, 0.1) is 36.8 Å². The van der Waals surface area contributed by atoms with Crippen LogP contribution in [0.4, 0.5) is 8.78 Å². The monoisotopic (exact) mass is 669 g/mol. The van der Waals surface area contributed by atoms with E-state index in [1.54, 1.807) is 43.8 Å². The van der Waals surface area contributed by atoms with Gasteiger partial charge in [-0.15, -0.1) is 16.0 Å². The molecule has 5 aromatic rings. The third-order valence-electron chi connectivity index (χ3n) is 8.78. The van der Waals surface area contributed by atoms with Crippen LogP contribution in [0.15, 0.2) is 72.6 Å². The second-order valence-electron chi connectivity index (χ2n) is 12.3. The number of carbonyl (C=O) groups excluding carboxylic acids is 1. The largest absolute Gasteiger partial charge is 0.425 e. The molecule has 2 aromatic heterocycles. The van der Waals surface area contributed by atoms with Gasteiger partial charge in [0.2, 0.25) is 6.33 Å². The molecule has 0 amide bonds. The first-order valence-corrected chi connectivity index (χ1v) is 16.5. The van der Waals surface area contributed by atoms with Gasteiger partial charge < -0.3 is 15.2 Å². The Kier molecular flexibility index (Phi) is 9.46. The SMILES string of the molecule is Cc1cc(C[n+]2cnn(CC(O)(c3ccc(F)cc3F)C(C)c3nc(-c4ccc(C#N)cc4)cs3)c2)cc(C)c1OC(=O)C1CCCN1. The summed E-state index contributed by atoms with van der Waals surface area (Å²) in [6.45, 7) is 6.67. The number of nitrogens with zero attached hydrogens (tertiary/aromatic N) is 5. The molecule has 0 radical (unpaired) electrons. The number of esters is 1. The summed E-state index contributed by atoms with van der Waals surface area (Å²) in [4.78, 5) is 17.4. The van der Waals surface area contributed by atoms with Crippen molar-refractivity contribution in [3.63, 3.8) is 0 Å². The van der Waals surface area contributed by atoms with E-state index in [-0.39, 0.29) is 24.1 Å². The molecule has 3 aromatic carbocycles. The first-order chi connectivity index (χ1) is 23.0. The van der Waals surface area contributed by atoms with Crippen molar-refractivity contribution in [2.24, 2.45) is 0 Å². The molecule has 0 saturated carbocycles. The summed E-state index contributed by atoms with van der Waals surface area (Å²) in [5.74, 6) is -2.05. The van der Waals surface area contributed by atoms with Crippen LogP contribution in [0.5, 0.6) is 5.75 Å². The van der Waals surface area contributed by atoms with Crippen LogP contribution in [0.2, 0.25) is 0 Å². The number of hydrogen-bond acceptors (Lipinski definition) is 8. The number of aromatic nitrogens is 4. The Morgan fingerprint density at radius 1 is 1.21 bits per heavy atom. The van der Waals surface area contributed by atoms with Gasteiger partial charge in [0.15, 0.2) is 0 Å². The van der Waals surface area contributed by atoms with Crippen molar-refractivity contribution in [1.82, 2.24) is 20.1 Å². The zero-order valence-electron chi connectivity index (χ0n) is 26.8. The molecular formula is C36H35F2N6O3S+. The highest BCUT2D eigenvalue weighted by Gasteiger charge is 2.43. The van der Waals surface area contributed by atoms with Gasteiger partial charge in [-0.3, -0.25) is 0 Å². The van der Waals surface area contributed by atoms with E-state index in [1.165, 1.54) is 22.1 Å². The van der Waals surface area contributed by atoms with Gasteiger partial charge in [-0.2, -0.15) is 5.26 Å². The van der Waals surface area contributed by atoms with Crippen molar-refractivity contribution >= 4 is 17.3 Å². The van der Waals surface area contributed by atoms with E-state index in [1.807, 2.05) is 35.9 Å². The van der Waals surface area contributed by atoms with Gasteiger partial charge in [-0.1, -0.05) is 25.1 Å². The number of rotatable bonds is 10. The highest BCUT2D eigenvalue weighted by atomic mass is 32.1. The van der Waals surface area contributed by atoms with Crippen LogP contribution in [0.25, 0.3) is 11.3 Å². The standard InChI is InChI=1S/C36H35F2N6O3S/c1-22-13-26(14-23(2)33(22)47-35(45)31-5-4-12-40-31)17-43-20-41-44(21-43)19-36(46,29-11-10-28(37)15-30(29)38)24(3)34-42-32(18-48-34)27-8-6-25(16-39)7-9-27/h6-11,13-15,18,20-21,24,31,40,46H,4-5,12,17,19H2,1-3H3/q+1. The van der Waals surface area contributed by atoms with Crippen LogP contribution in [-0.4, -0.2) is 38.4 Å². The number of nitrogens with one attached hydrogen (secondary N) is 1. The van der Waals surface area contributed by atoms with Gasteiger partial charge in [0, 0.05) is 33.6 Å². The number of nitriles is 1. The minimum atomic E-state index is -1.85. The van der Waals surface area contributed by atoms with Gasteiger partial charge in [0.25, 0.3) is 6.33 Å². The Labute approximate surface area is 281 Å². The van der Waals surface area contributed by atoms with E-state index in [2.05, 4.69) is 16.5 Å².